The molecule has 9 heteroatoms. The number of aryl methyl sites for hydroxylation is 1. The van der Waals surface area contributed by atoms with Gasteiger partial charge >= 0.3 is 0 Å². The number of benzene rings is 3. The van der Waals surface area contributed by atoms with Gasteiger partial charge in [-0.1, -0.05) is 23.7 Å². The van der Waals surface area contributed by atoms with Crippen molar-refractivity contribution in [3.63, 3.8) is 0 Å². The van der Waals surface area contributed by atoms with Crippen molar-refractivity contribution in [3.05, 3.63) is 82.6 Å². The molecule has 0 atom stereocenters. The summed E-state index contributed by atoms with van der Waals surface area (Å²) in [6.45, 7) is 1.56. The lowest BCUT2D eigenvalue weighted by Crippen LogP contribution is -2.15. The van der Waals surface area contributed by atoms with Crippen molar-refractivity contribution in [3.8, 4) is 5.75 Å². The quantitative estimate of drug-likeness (QED) is 0.513. The molecular formula is C20H16ClFN2O4S. The Kier molecular flexibility index (Phi) is 5.76. The molecular weight excluding hydrogens is 419 g/mol. The van der Waals surface area contributed by atoms with Gasteiger partial charge < -0.3 is 10.4 Å². The summed E-state index contributed by atoms with van der Waals surface area (Å²) < 4.78 is 41.3. The van der Waals surface area contributed by atoms with Crippen LogP contribution in [0.15, 0.2) is 65.6 Å². The van der Waals surface area contributed by atoms with Crippen LogP contribution in [0, 0.1) is 12.7 Å². The number of anilines is 2. The summed E-state index contributed by atoms with van der Waals surface area (Å²) in [6.07, 6.45) is 0. The van der Waals surface area contributed by atoms with E-state index >= 15 is 0 Å². The number of hydrogen-bond donors (Lipinski definition) is 3. The summed E-state index contributed by atoms with van der Waals surface area (Å²) in [5.74, 6) is -1.59. The number of halogens is 2. The summed E-state index contributed by atoms with van der Waals surface area (Å²) in [7, 11) is -4.01. The molecule has 29 heavy (non-hydrogen) atoms. The Bertz CT molecular complexity index is 1200. The number of rotatable bonds is 5. The van der Waals surface area contributed by atoms with Crippen molar-refractivity contribution in [2.24, 2.45) is 0 Å². The molecule has 3 N–H and O–H groups in total. The van der Waals surface area contributed by atoms with Crippen LogP contribution >= 0.6 is 11.6 Å². The van der Waals surface area contributed by atoms with Crippen LogP contribution in [0.25, 0.3) is 0 Å². The van der Waals surface area contributed by atoms with Crippen LogP contribution in [-0.4, -0.2) is 19.4 Å². The van der Waals surface area contributed by atoms with Gasteiger partial charge in [0, 0.05) is 10.6 Å². The van der Waals surface area contributed by atoms with Crippen molar-refractivity contribution in [2.45, 2.75) is 11.8 Å². The highest BCUT2D eigenvalue weighted by molar-refractivity contribution is 7.92. The number of carbonyl (C=O) groups excluding carboxylic acids is 1. The number of phenolic OH excluding ortho intramolecular Hbond substituents is 1. The van der Waals surface area contributed by atoms with Crippen LogP contribution in [0.4, 0.5) is 15.8 Å². The second kappa shape index (κ2) is 8.10. The second-order valence-electron chi connectivity index (χ2n) is 6.21. The van der Waals surface area contributed by atoms with Crippen molar-refractivity contribution < 1.29 is 22.7 Å². The Hall–Kier alpha value is -3.10. The van der Waals surface area contributed by atoms with Gasteiger partial charge in [0.15, 0.2) is 0 Å². The average molecular weight is 435 g/mol. The molecule has 1 amide bonds. The fourth-order valence-corrected chi connectivity index (χ4v) is 3.74. The number of aromatic hydroxyl groups is 1. The molecule has 150 valence electrons. The second-order valence-corrected chi connectivity index (χ2v) is 8.33. The predicted octanol–water partition coefficient (Wildman–Crippen LogP) is 4.55. The van der Waals surface area contributed by atoms with E-state index < -0.39 is 21.7 Å². The summed E-state index contributed by atoms with van der Waals surface area (Å²) in [5.41, 5.74) is 0.527. The molecule has 3 rings (SSSR count). The van der Waals surface area contributed by atoms with E-state index in [1.54, 1.807) is 19.1 Å². The zero-order valence-electron chi connectivity index (χ0n) is 15.1. The first-order valence-corrected chi connectivity index (χ1v) is 10.2. The lowest BCUT2D eigenvalue weighted by Gasteiger charge is -2.12. The first-order valence-electron chi connectivity index (χ1n) is 8.34. The molecule has 0 saturated carbocycles. The monoisotopic (exact) mass is 434 g/mol. The Morgan fingerprint density at radius 3 is 2.52 bits per heavy atom. The smallest absolute Gasteiger partial charge is 0.261 e. The lowest BCUT2D eigenvalue weighted by atomic mass is 10.1. The molecule has 0 aliphatic carbocycles. The van der Waals surface area contributed by atoms with Crippen LogP contribution < -0.4 is 10.0 Å². The Morgan fingerprint density at radius 1 is 1.07 bits per heavy atom. The van der Waals surface area contributed by atoms with Gasteiger partial charge in [0.1, 0.15) is 11.6 Å². The highest BCUT2D eigenvalue weighted by Crippen LogP contribution is 2.28. The zero-order chi connectivity index (χ0) is 21.2. The number of sulfonamides is 1. The molecule has 0 unspecified atom stereocenters. The molecule has 0 spiro atoms. The van der Waals surface area contributed by atoms with E-state index in [2.05, 4.69) is 10.0 Å². The minimum Gasteiger partial charge on any atom is -0.506 e. The fraction of sp³-hybridized carbons (Fsp3) is 0.0500. The van der Waals surface area contributed by atoms with Gasteiger partial charge in [-0.25, -0.2) is 12.8 Å². The lowest BCUT2D eigenvalue weighted by molar-refractivity contribution is 0.102. The van der Waals surface area contributed by atoms with Gasteiger partial charge in [-0.15, -0.1) is 0 Å². The zero-order valence-corrected chi connectivity index (χ0v) is 16.7. The number of nitrogens with one attached hydrogen (secondary N) is 2. The van der Waals surface area contributed by atoms with Gasteiger partial charge in [0.25, 0.3) is 15.9 Å². The largest absolute Gasteiger partial charge is 0.506 e. The van der Waals surface area contributed by atoms with Gasteiger partial charge in [-0.05, 0) is 61.0 Å². The number of carbonyl (C=O) groups is 1. The van der Waals surface area contributed by atoms with Gasteiger partial charge in [-0.3, -0.25) is 9.52 Å². The highest BCUT2D eigenvalue weighted by Gasteiger charge is 2.18. The standard InChI is InChI=1S/C20H16ClFN2O4S/c1-12-5-6-13(9-17(12)22)20(26)23-18-11-16(7-8-19(18)25)29(27,28)24-15-4-2-3-14(21)10-15/h2-11,24-25H,1H3,(H,23,26). The first-order chi connectivity index (χ1) is 13.7. The normalized spacial score (nSPS) is 11.1. The van der Waals surface area contributed by atoms with Crippen LogP contribution in [0.3, 0.4) is 0 Å². The van der Waals surface area contributed by atoms with Crippen LogP contribution in [-0.2, 0) is 10.0 Å². The summed E-state index contributed by atoms with van der Waals surface area (Å²) in [5, 5.41) is 12.7. The molecule has 3 aromatic carbocycles. The topological polar surface area (TPSA) is 95.5 Å². The molecule has 0 fully saturated rings. The maximum Gasteiger partial charge on any atom is 0.261 e. The van der Waals surface area contributed by atoms with E-state index in [0.717, 1.165) is 18.2 Å². The number of hydrogen-bond acceptors (Lipinski definition) is 4. The van der Waals surface area contributed by atoms with E-state index in [-0.39, 0.29) is 27.6 Å². The fourth-order valence-electron chi connectivity index (χ4n) is 2.48. The number of amides is 1. The maximum atomic E-state index is 13.7. The summed E-state index contributed by atoms with van der Waals surface area (Å²) in [6, 6.07) is 13.5. The third kappa shape index (κ3) is 4.85. The Labute approximate surface area is 172 Å². The average Bonchev–Trinajstić information content (AvgIpc) is 2.65. The van der Waals surface area contributed by atoms with Crippen molar-refractivity contribution in [1.82, 2.24) is 0 Å². The highest BCUT2D eigenvalue weighted by atomic mass is 35.5. The molecule has 0 bridgehead atoms. The SMILES string of the molecule is Cc1ccc(C(=O)Nc2cc(S(=O)(=O)Nc3cccc(Cl)c3)ccc2O)cc1F. The van der Waals surface area contributed by atoms with E-state index in [4.69, 9.17) is 11.6 Å². The van der Waals surface area contributed by atoms with E-state index in [1.165, 1.54) is 30.3 Å². The van der Waals surface area contributed by atoms with Gasteiger partial charge in [0.2, 0.25) is 0 Å². The Balaban J connectivity index is 1.87. The summed E-state index contributed by atoms with van der Waals surface area (Å²) >= 11 is 5.86. The van der Waals surface area contributed by atoms with E-state index in [0.29, 0.717) is 10.6 Å². The molecule has 6 nitrogen and oxygen atoms in total. The van der Waals surface area contributed by atoms with Crippen LogP contribution in [0.2, 0.25) is 5.02 Å². The van der Waals surface area contributed by atoms with Gasteiger partial charge in [-0.2, -0.15) is 0 Å². The predicted molar refractivity (Wildman–Crippen MR) is 109 cm³/mol. The Morgan fingerprint density at radius 2 is 1.83 bits per heavy atom. The van der Waals surface area contributed by atoms with Crippen molar-refractivity contribution in [2.75, 3.05) is 10.0 Å². The summed E-state index contributed by atoms with van der Waals surface area (Å²) in [4.78, 5) is 12.2. The molecule has 0 saturated heterocycles. The molecule has 3 aromatic rings. The molecule has 0 aliphatic rings. The minimum absolute atomic E-state index is 0.0258. The van der Waals surface area contributed by atoms with Crippen LogP contribution in [0.5, 0.6) is 5.75 Å². The van der Waals surface area contributed by atoms with E-state index in [1.807, 2.05) is 0 Å². The van der Waals surface area contributed by atoms with Crippen molar-refractivity contribution in [1.29, 1.82) is 0 Å². The van der Waals surface area contributed by atoms with Crippen molar-refractivity contribution >= 4 is 38.9 Å². The molecule has 0 aromatic heterocycles. The molecule has 0 aliphatic heterocycles. The number of phenols is 1. The molecule has 0 radical (unpaired) electrons. The van der Waals surface area contributed by atoms with E-state index in [9.17, 15) is 22.7 Å². The third-order valence-electron chi connectivity index (χ3n) is 4.04. The minimum atomic E-state index is -4.01. The van der Waals surface area contributed by atoms with Gasteiger partial charge in [0.05, 0.1) is 16.3 Å². The maximum absolute atomic E-state index is 13.7. The third-order valence-corrected chi connectivity index (χ3v) is 5.65. The first kappa shape index (κ1) is 20.6. The van der Waals surface area contributed by atoms with Crippen LogP contribution in [0.1, 0.15) is 15.9 Å². The molecule has 0 heterocycles.